The van der Waals surface area contributed by atoms with Gasteiger partial charge >= 0.3 is 12.1 Å². The normalized spacial score (nSPS) is 30.7. The molecule has 2 saturated heterocycles. The van der Waals surface area contributed by atoms with Crippen LogP contribution in [0.2, 0.25) is 0 Å². The molecule has 0 aromatic carbocycles. The number of aliphatic hydroxyl groups excluding tert-OH is 1. The third-order valence-electron chi connectivity index (χ3n) is 3.32. The molecule has 10 heteroatoms. The van der Waals surface area contributed by atoms with Gasteiger partial charge in [0, 0.05) is 12.4 Å². The summed E-state index contributed by atoms with van der Waals surface area (Å²) in [6.07, 6.45) is -0.520. The lowest BCUT2D eigenvalue weighted by Gasteiger charge is -2.43. The van der Waals surface area contributed by atoms with Crippen LogP contribution < -0.4 is 5.73 Å². The Morgan fingerprint density at radius 1 is 1.48 bits per heavy atom. The maximum absolute atomic E-state index is 12.0. The number of hydrogen-bond acceptors (Lipinski definition) is 7. The highest BCUT2D eigenvalue weighted by Crippen LogP contribution is 2.51. The second-order valence-corrected chi connectivity index (χ2v) is 7.39. The van der Waals surface area contributed by atoms with Crippen molar-refractivity contribution in [3.05, 3.63) is 0 Å². The number of aliphatic hydroxyl groups is 1. The summed E-state index contributed by atoms with van der Waals surface area (Å²) < 4.78 is 4.27. The van der Waals surface area contributed by atoms with E-state index in [1.165, 1.54) is 28.4 Å². The topological polar surface area (TPSA) is 130 Å². The average molecular weight is 336 g/mol. The Bertz CT molecular complexity index is 448. The first-order valence-corrected chi connectivity index (χ1v) is 8.31. The number of fused-ring (bicyclic) bond motifs is 1. The van der Waals surface area contributed by atoms with Gasteiger partial charge in [0.1, 0.15) is 6.61 Å². The summed E-state index contributed by atoms with van der Waals surface area (Å²) >= 11 is 2.74. The number of carbonyl (C=O) groups is 3. The summed E-state index contributed by atoms with van der Waals surface area (Å²) in [5.41, 5.74) is 4.84. The molecule has 118 valence electrons. The second kappa shape index (κ2) is 6.75. The van der Waals surface area contributed by atoms with Gasteiger partial charge in [-0.05, 0) is 6.42 Å². The molecule has 2 amide bonds. The number of primary amides is 1. The SMILES string of the molecule is NC(=O)OCCS[C@@H]1S[C@@H]2[C@H](CCO)C(=O)N2[C@@H]1C(=O)O. The molecule has 0 bridgehead atoms. The fourth-order valence-corrected chi connectivity index (χ4v) is 5.69. The van der Waals surface area contributed by atoms with Crippen LogP contribution >= 0.6 is 23.5 Å². The highest BCUT2D eigenvalue weighted by molar-refractivity contribution is 8.17. The van der Waals surface area contributed by atoms with Gasteiger partial charge in [0.05, 0.1) is 15.9 Å². The minimum Gasteiger partial charge on any atom is -0.480 e. The van der Waals surface area contributed by atoms with Crippen LogP contribution in [0.3, 0.4) is 0 Å². The van der Waals surface area contributed by atoms with Crippen LogP contribution in [-0.2, 0) is 14.3 Å². The van der Waals surface area contributed by atoms with E-state index in [2.05, 4.69) is 4.74 Å². The van der Waals surface area contributed by atoms with Crippen molar-refractivity contribution in [1.29, 1.82) is 0 Å². The van der Waals surface area contributed by atoms with E-state index in [0.717, 1.165) is 0 Å². The van der Waals surface area contributed by atoms with Crippen molar-refractivity contribution >= 4 is 41.5 Å². The van der Waals surface area contributed by atoms with Crippen LogP contribution in [0.25, 0.3) is 0 Å². The monoisotopic (exact) mass is 336 g/mol. The summed E-state index contributed by atoms with van der Waals surface area (Å²) in [5.74, 6) is -1.17. The number of β-lactam (4-membered cyclic amide) rings is 1. The molecule has 0 aliphatic carbocycles. The number of nitrogens with two attached hydrogens (primary N) is 1. The van der Waals surface area contributed by atoms with Crippen molar-refractivity contribution < 1.29 is 29.3 Å². The van der Waals surface area contributed by atoms with Gasteiger partial charge < -0.3 is 25.6 Å². The molecule has 2 aliphatic heterocycles. The van der Waals surface area contributed by atoms with Gasteiger partial charge in [0.25, 0.3) is 0 Å². The van der Waals surface area contributed by atoms with Crippen LogP contribution in [0, 0.1) is 5.92 Å². The Morgan fingerprint density at radius 3 is 2.76 bits per heavy atom. The fourth-order valence-electron chi connectivity index (χ4n) is 2.43. The van der Waals surface area contributed by atoms with E-state index >= 15 is 0 Å². The molecule has 0 aromatic heterocycles. The quantitative estimate of drug-likeness (QED) is 0.419. The van der Waals surface area contributed by atoms with Crippen LogP contribution in [0.1, 0.15) is 6.42 Å². The zero-order valence-corrected chi connectivity index (χ0v) is 12.6. The predicted molar refractivity (Wildman–Crippen MR) is 76.6 cm³/mol. The number of ether oxygens (including phenoxy) is 1. The van der Waals surface area contributed by atoms with E-state index < -0.39 is 18.1 Å². The lowest BCUT2D eigenvalue weighted by Crippen LogP contribution is -2.61. The largest absolute Gasteiger partial charge is 0.480 e. The number of rotatable bonds is 7. The van der Waals surface area contributed by atoms with E-state index in [-0.39, 0.29) is 35.0 Å². The van der Waals surface area contributed by atoms with E-state index in [4.69, 9.17) is 10.8 Å². The zero-order chi connectivity index (χ0) is 15.6. The summed E-state index contributed by atoms with van der Waals surface area (Å²) in [6.45, 7) is 0.00534. The summed E-state index contributed by atoms with van der Waals surface area (Å²) in [7, 11) is 0. The molecule has 0 radical (unpaired) electrons. The van der Waals surface area contributed by atoms with Crippen LogP contribution in [-0.4, -0.2) is 68.0 Å². The van der Waals surface area contributed by atoms with E-state index in [0.29, 0.717) is 12.2 Å². The molecule has 4 atom stereocenters. The first-order chi connectivity index (χ1) is 9.97. The highest BCUT2D eigenvalue weighted by atomic mass is 32.2. The molecule has 2 rings (SSSR count). The van der Waals surface area contributed by atoms with Gasteiger partial charge in [0.15, 0.2) is 6.04 Å². The van der Waals surface area contributed by atoms with Crippen LogP contribution in [0.5, 0.6) is 0 Å². The number of amides is 2. The standard InChI is InChI=1S/C11H16N2O6S2/c12-11(18)19-3-4-20-10-6(9(16)17)13-7(15)5(1-2-14)8(13)21-10/h5-6,8,10,14H,1-4H2,(H2,12,18)(H,16,17)/t5-,6-,8-,10-/m1/s1. The molecule has 2 heterocycles. The Labute approximate surface area is 129 Å². The maximum Gasteiger partial charge on any atom is 0.404 e. The minimum atomic E-state index is -1.05. The predicted octanol–water partition coefficient (Wildman–Crippen LogP) is -0.492. The van der Waals surface area contributed by atoms with Crippen LogP contribution in [0.4, 0.5) is 4.79 Å². The van der Waals surface area contributed by atoms with Crippen molar-refractivity contribution in [2.75, 3.05) is 19.0 Å². The summed E-state index contributed by atoms with van der Waals surface area (Å²) in [5, 5.41) is 18.1. The molecule has 2 fully saturated rings. The lowest BCUT2D eigenvalue weighted by molar-refractivity contribution is -0.162. The van der Waals surface area contributed by atoms with Gasteiger partial charge in [-0.1, -0.05) is 0 Å². The molecule has 0 spiro atoms. The third kappa shape index (κ3) is 3.22. The Balaban J connectivity index is 1.94. The van der Waals surface area contributed by atoms with E-state index in [1.807, 2.05) is 0 Å². The van der Waals surface area contributed by atoms with Crippen LogP contribution in [0.15, 0.2) is 0 Å². The Kier molecular flexibility index (Phi) is 5.22. The van der Waals surface area contributed by atoms with Gasteiger partial charge in [-0.2, -0.15) is 0 Å². The maximum atomic E-state index is 12.0. The number of hydrogen-bond donors (Lipinski definition) is 3. The van der Waals surface area contributed by atoms with Gasteiger partial charge in [0.2, 0.25) is 5.91 Å². The van der Waals surface area contributed by atoms with Crippen molar-refractivity contribution in [1.82, 2.24) is 4.90 Å². The summed E-state index contributed by atoms with van der Waals surface area (Å²) in [6, 6.07) is -0.888. The number of nitrogens with zero attached hydrogens (tertiary/aromatic N) is 1. The number of thioether (sulfide) groups is 2. The highest BCUT2D eigenvalue weighted by Gasteiger charge is 2.60. The molecule has 8 nitrogen and oxygen atoms in total. The molecule has 0 unspecified atom stereocenters. The first-order valence-electron chi connectivity index (χ1n) is 6.32. The number of carboxylic acids is 1. The molecule has 0 aromatic rings. The molecular formula is C11H16N2O6S2. The first kappa shape index (κ1) is 16.2. The minimum absolute atomic E-state index is 0.0939. The van der Waals surface area contributed by atoms with Crippen molar-refractivity contribution in [2.45, 2.75) is 22.4 Å². The second-order valence-electron chi connectivity index (χ2n) is 4.58. The van der Waals surface area contributed by atoms with Gasteiger partial charge in [-0.15, -0.1) is 23.5 Å². The molecule has 0 saturated carbocycles. The summed E-state index contributed by atoms with van der Waals surface area (Å²) in [4.78, 5) is 35.2. The van der Waals surface area contributed by atoms with Crippen molar-refractivity contribution in [3.63, 3.8) is 0 Å². The molecular weight excluding hydrogens is 320 g/mol. The number of carboxylic acid groups (broad SMARTS) is 1. The smallest absolute Gasteiger partial charge is 0.404 e. The van der Waals surface area contributed by atoms with Crippen molar-refractivity contribution in [2.24, 2.45) is 11.7 Å². The number of carbonyl (C=O) groups excluding carboxylic acids is 2. The van der Waals surface area contributed by atoms with Gasteiger partial charge in [-0.3, -0.25) is 4.79 Å². The fraction of sp³-hybridized carbons (Fsp3) is 0.727. The molecule has 4 N–H and O–H groups in total. The molecule has 2 aliphatic rings. The molecule has 21 heavy (non-hydrogen) atoms. The van der Waals surface area contributed by atoms with E-state index in [1.54, 1.807) is 0 Å². The van der Waals surface area contributed by atoms with Gasteiger partial charge in [-0.25, -0.2) is 9.59 Å². The Morgan fingerprint density at radius 2 is 2.19 bits per heavy atom. The Hall–Kier alpha value is -1.13. The van der Waals surface area contributed by atoms with E-state index in [9.17, 15) is 19.5 Å². The zero-order valence-electron chi connectivity index (χ0n) is 11.0. The lowest BCUT2D eigenvalue weighted by atomic mass is 9.93. The number of aliphatic carboxylic acids is 1. The average Bonchev–Trinajstić information content (AvgIpc) is 2.76. The third-order valence-corrected chi connectivity index (χ3v) is 6.41. The van der Waals surface area contributed by atoms with Crippen molar-refractivity contribution in [3.8, 4) is 0 Å².